The van der Waals surface area contributed by atoms with Gasteiger partial charge in [-0.3, -0.25) is 0 Å². The van der Waals surface area contributed by atoms with Crippen molar-refractivity contribution in [1.29, 1.82) is 0 Å². The molecule has 1 atom stereocenters. The molecule has 1 unspecified atom stereocenters. The van der Waals surface area contributed by atoms with Gasteiger partial charge in [-0.25, -0.2) is 0 Å². The summed E-state index contributed by atoms with van der Waals surface area (Å²) in [7, 11) is 0. The van der Waals surface area contributed by atoms with Gasteiger partial charge in [0, 0.05) is 4.88 Å². The molecule has 2 aromatic rings. The molecule has 86 valence electrons. The first-order valence-corrected chi connectivity index (χ1v) is 8.07. The number of rotatable bonds is 4. The van der Waals surface area contributed by atoms with Crippen LogP contribution in [0.15, 0.2) is 22.9 Å². The van der Waals surface area contributed by atoms with E-state index in [9.17, 15) is 0 Å². The Hall–Kier alpha value is 0.0900. The van der Waals surface area contributed by atoms with Gasteiger partial charge in [0.05, 0.1) is 8.93 Å². The Morgan fingerprint density at radius 3 is 2.75 bits per heavy atom. The lowest BCUT2D eigenvalue weighted by Gasteiger charge is -2.16. The summed E-state index contributed by atoms with van der Waals surface area (Å²) in [5.74, 6) is 0. The minimum absolute atomic E-state index is 0.366. The smallest absolute Gasteiger partial charge is 0.0682 e. The number of nitrogens with one attached hydrogen (secondary N) is 1. The van der Waals surface area contributed by atoms with E-state index in [2.05, 4.69) is 64.6 Å². The van der Waals surface area contributed by atoms with Crippen LogP contribution in [-0.4, -0.2) is 6.54 Å². The molecule has 0 saturated heterocycles. The van der Waals surface area contributed by atoms with Crippen LogP contribution < -0.4 is 5.32 Å². The zero-order valence-electron chi connectivity index (χ0n) is 9.29. The molecule has 2 aromatic heterocycles. The van der Waals surface area contributed by atoms with Crippen molar-refractivity contribution in [2.24, 2.45) is 0 Å². The van der Waals surface area contributed by atoms with E-state index in [1.54, 1.807) is 0 Å². The summed E-state index contributed by atoms with van der Waals surface area (Å²) >= 11 is 6.04. The molecule has 0 amide bonds. The van der Waals surface area contributed by atoms with Crippen LogP contribution in [0.1, 0.15) is 29.0 Å². The third kappa shape index (κ3) is 2.67. The lowest BCUT2D eigenvalue weighted by atomic mass is 10.1. The SMILES string of the molecule is CCNC(c1csc(I)c1)c1sccc1C. The Kier molecular flexibility index (Phi) is 4.41. The molecule has 1 nitrogen and oxygen atoms in total. The molecule has 2 rings (SSSR count). The van der Waals surface area contributed by atoms with Crippen LogP contribution in [-0.2, 0) is 0 Å². The Bertz CT molecular complexity index is 461. The fourth-order valence-corrected chi connectivity index (χ4v) is 4.15. The average Bonchev–Trinajstić information content (AvgIpc) is 2.84. The Morgan fingerprint density at radius 1 is 1.44 bits per heavy atom. The molecule has 0 aromatic carbocycles. The zero-order valence-corrected chi connectivity index (χ0v) is 13.1. The number of aryl methyl sites for hydroxylation is 1. The number of thiophene rings is 2. The second kappa shape index (κ2) is 5.62. The molecule has 0 aliphatic carbocycles. The van der Waals surface area contributed by atoms with Gasteiger partial charge in [-0.2, -0.15) is 0 Å². The van der Waals surface area contributed by atoms with Gasteiger partial charge in [0.15, 0.2) is 0 Å². The van der Waals surface area contributed by atoms with Gasteiger partial charge in [0.25, 0.3) is 0 Å². The third-order valence-corrected chi connectivity index (χ3v) is 5.38. The van der Waals surface area contributed by atoms with Gasteiger partial charge in [0.2, 0.25) is 0 Å². The van der Waals surface area contributed by atoms with Crippen molar-refractivity contribution in [1.82, 2.24) is 5.32 Å². The second-order valence-corrected chi connectivity index (χ2v) is 7.40. The second-order valence-electron chi connectivity index (χ2n) is 3.64. The monoisotopic (exact) mass is 363 g/mol. The van der Waals surface area contributed by atoms with Crippen LogP contribution in [0.25, 0.3) is 0 Å². The molecule has 0 radical (unpaired) electrons. The molecule has 1 N–H and O–H groups in total. The van der Waals surface area contributed by atoms with Crippen LogP contribution >= 0.6 is 45.3 Å². The number of hydrogen-bond acceptors (Lipinski definition) is 3. The maximum Gasteiger partial charge on any atom is 0.0682 e. The molecule has 0 spiro atoms. The summed E-state index contributed by atoms with van der Waals surface area (Å²) in [6.45, 7) is 5.34. The van der Waals surface area contributed by atoms with E-state index in [1.807, 2.05) is 22.7 Å². The quantitative estimate of drug-likeness (QED) is 0.793. The molecule has 4 heteroatoms. The summed E-state index contributed by atoms with van der Waals surface area (Å²) in [4.78, 5) is 1.44. The molecule has 0 aliphatic heterocycles. The first kappa shape index (κ1) is 12.5. The van der Waals surface area contributed by atoms with E-state index in [0.29, 0.717) is 6.04 Å². The zero-order chi connectivity index (χ0) is 11.5. The molecule has 0 bridgehead atoms. The molecule has 2 heterocycles. The average molecular weight is 363 g/mol. The van der Waals surface area contributed by atoms with Crippen molar-refractivity contribution in [2.75, 3.05) is 6.54 Å². The third-order valence-electron chi connectivity index (χ3n) is 2.49. The highest BCUT2D eigenvalue weighted by molar-refractivity contribution is 14.1. The Labute approximate surface area is 118 Å². The molecular formula is C12H14INS2. The van der Waals surface area contributed by atoms with Crippen molar-refractivity contribution in [2.45, 2.75) is 19.9 Å². The summed E-state index contributed by atoms with van der Waals surface area (Å²) in [5, 5.41) is 8.00. The highest BCUT2D eigenvalue weighted by Crippen LogP contribution is 2.32. The Morgan fingerprint density at radius 2 is 2.25 bits per heavy atom. The normalized spacial score (nSPS) is 12.9. The maximum atomic E-state index is 3.57. The molecular weight excluding hydrogens is 349 g/mol. The van der Waals surface area contributed by atoms with E-state index in [-0.39, 0.29) is 0 Å². The van der Waals surface area contributed by atoms with Crippen molar-refractivity contribution < 1.29 is 0 Å². The summed E-state index contributed by atoms with van der Waals surface area (Å²) in [6, 6.07) is 4.84. The lowest BCUT2D eigenvalue weighted by Crippen LogP contribution is -2.21. The van der Waals surface area contributed by atoms with Gasteiger partial charge < -0.3 is 5.32 Å². The standard InChI is InChI=1S/C12H14INS2/c1-3-14-11(9-6-10(13)16-7-9)12-8(2)4-5-15-12/h4-7,11,14H,3H2,1-2H3. The van der Waals surface area contributed by atoms with E-state index in [0.717, 1.165) is 6.54 Å². The largest absolute Gasteiger partial charge is 0.306 e. The fourth-order valence-electron chi connectivity index (χ4n) is 1.72. The van der Waals surface area contributed by atoms with E-state index < -0.39 is 0 Å². The lowest BCUT2D eigenvalue weighted by molar-refractivity contribution is 0.639. The minimum atomic E-state index is 0.366. The van der Waals surface area contributed by atoms with Crippen molar-refractivity contribution >= 4 is 45.3 Å². The minimum Gasteiger partial charge on any atom is -0.306 e. The fraction of sp³-hybridized carbons (Fsp3) is 0.333. The number of hydrogen-bond donors (Lipinski definition) is 1. The van der Waals surface area contributed by atoms with Gasteiger partial charge in [-0.05, 0) is 70.1 Å². The van der Waals surface area contributed by atoms with Crippen LogP contribution in [0.5, 0.6) is 0 Å². The van der Waals surface area contributed by atoms with Crippen LogP contribution in [0, 0.1) is 9.81 Å². The molecule has 0 aliphatic rings. The summed E-state index contributed by atoms with van der Waals surface area (Å²) in [6.07, 6.45) is 0. The van der Waals surface area contributed by atoms with Gasteiger partial charge in [-0.15, -0.1) is 22.7 Å². The number of halogens is 1. The maximum absolute atomic E-state index is 3.57. The predicted molar refractivity (Wildman–Crippen MR) is 81.6 cm³/mol. The van der Waals surface area contributed by atoms with E-state index in [4.69, 9.17) is 0 Å². The predicted octanol–water partition coefficient (Wildman–Crippen LogP) is 4.42. The Balaban J connectivity index is 2.34. The van der Waals surface area contributed by atoms with Gasteiger partial charge >= 0.3 is 0 Å². The summed E-state index contributed by atoms with van der Waals surface area (Å²) < 4.78 is 1.35. The van der Waals surface area contributed by atoms with E-state index in [1.165, 1.54) is 18.9 Å². The van der Waals surface area contributed by atoms with Crippen molar-refractivity contribution in [3.05, 3.63) is 41.8 Å². The van der Waals surface area contributed by atoms with Crippen LogP contribution in [0.3, 0.4) is 0 Å². The molecule has 0 saturated carbocycles. The van der Waals surface area contributed by atoms with Crippen LogP contribution in [0.4, 0.5) is 0 Å². The van der Waals surface area contributed by atoms with Crippen LogP contribution in [0.2, 0.25) is 0 Å². The van der Waals surface area contributed by atoms with Gasteiger partial charge in [0.1, 0.15) is 0 Å². The topological polar surface area (TPSA) is 12.0 Å². The first-order chi connectivity index (χ1) is 7.72. The van der Waals surface area contributed by atoms with Gasteiger partial charge in [-0.1, -0.05) is 6.92 Å². The summed E-state index contributed by atoms with van der Waals surface area (Å²) in [5.41, 5.74) is 2.78. The first-order valence-electron chi connectivity index (χ1n) is 5.23. The van der Waals surface area contributed by atoms with Crippen molar-refractivity contribution in [3.63, 3.8) is 0 Å². The molecule has 0 fully saturated rings. The molecule has 16 heavy (non-hydrogen) atoms. The highest BCUT2D eigenvalue weighted by Gasteiger charge is 2.17. The van der Waals surface area contributed by atoms with E-state index >= 15 is 0 Å². The highest BCUT2D eigenvalue weighted by atomic mass is 127. The van der Waals surface area contributed by atoms with Crippen molar-refractivity contribution in [3.8, 4) is 0 Å².